The second-order valence-electron chi connectivity index (χ2n) is 7.85. The SMILES string of the molecule is O=C(c1ccc(-c2cn[nH]c2)cc1)N1CCC(CNc2ncnc3c2CCC3)C1. The van der Waals surface area contributed by atoms with Crippen molar-refractivity contribution in [3.05, 3.63) is 59.8 Å². The lowest BCUT2D eigenvalue weighted by Crippen LogP contribution is -2.29. The highest BCUT2D eigenvalue weighted by molar-refractivity contribution is 5.94. The van der Waals surface area contributed by atoms with Gasteiger partial charge in [-0.25, -0.2) is 9.97 Å². The van der Waals surface area contributed by atoms with Gasteiger partial charge < -0.3 is 10.2 Å². The summed E-state index contributed by atoms with van der Waals surface area (Å²) >= 11 is 0. The molecule has 1 atom stereocenters. The van der Waals surface area contributed by atoms with Crippen LogP contribution in [0.25, 0.3) is 11.1 Å². The number of anilines is 1. The first kappa shape index (κ1) is 17.8. The number of carbonyl (C=O) groups is 1. The predicted molar refractivity (Wildman–Crippen MR) is 111 cm³/mol. The number of nitrogens with zero attached hydrogens (tertiary/aromatic N) is 4. The number of likely N-dealkylation sites (tertiary alicyclic amines) is 1. The lowest BCUT2D eigenvalue weighted by molar-refractivity contribution is 0.0788. The van der Waals surface area contributed by atoms with Gasteiger partial charge in [0.2, 0.25) is 0 Å². The van der Waals surface area contributed by atoms with E-state index in [1.165, 1.54) is 11.3 Å². The normalized spacial score (nSPS) is 18.1. The van der Waals surface area contributed by atoms with E-state index in [2.05, 4.69) is 25.5 Å². The number of aromatic amines is 1. The van der Waals surface area contributed by atoms with Gasteiger partial charge in [0.15, 0.2) is 0 Å². The van der Waals surface area contributed by atoms with Crippen molar-refractivity contribution in [2.24, 2.45) is 5.92 Å². The number of rotatable bonds is 5. The number of aryl methyl sites for hydroxylation is 1. The van der Waals surface area contributed by atoms with E-state index in [0.717, 1.165) is 67.8 Å². The molecule has 2 N–H and O–H groups in total. The molecule has 2 aromatic heterocycles. The highest BCUT2D eigenvalue weighted by Crippen LogP contribution is 2.26. The molecule has 1 fully saturated rings. The second kappa shape index (κ2) is 7.66. The van der Waals surface area contributed by atoms with Crippen molar-refractivity contribution in [3.8, 4) is 11.1 Å². The molecular formula is C22H24N6O. The number of nitrogens with one attached hydrogen (secondary N) is 2. The first-order valence-electron chi connectivity index (χ1n) is 10.2. The molecule has 2 aliphatic rings. The lowest BCUT2D eigenvalue weighted by atomic mass is 10.1. The Morgan fingerprint density at radius 1 is 1.17 bits per heavy atom. The molecule has 0 bridgehead atoms. The van der Waals surface area contributed by atoms with Crippen LogP contribution in [-0.2, 0) is 12.8 Å². The van der Waals surface area contributed by atoms with Gasteiger partial charge in [0, 0.05) is 48.2 Å². The van der Waals surface area contributed by atoms with Crippen molar-refractivity contribution in [1.29, 1.82) is 0 Å². The third kappa shape index (κ3) is 3.60. The Labute approximate surface area is 169 Å². The zero-order valence-corrected chi connectivity index (χ0v) is 16.3. The van der Waals surface area contributed by atoms with Crippen LogP contribution in [0.5, 0.6) is 0 Å². The maximum atomic E-state index is 12.9. The van der Waals surface area contributed by atoms with Crippen molar-refractivity contribution in [3.63, 3.8) is 0 Å². The van der Waals surface area contributed by atoms with Crippen LogP contribution < -0.4 is 5.32 Å². The molecule has 7 nitrogen and oxygen atoms in total. The first-order chi connectivity index (χ1) is 14.3. The van der Waals surface area contributed by atoms with Crippen molar-refractivity contribution in [1.82, 2.24) is 25.1 Å². The summed E-state index contributed by atoms with van der Waals surface area (Å²) in [6.07, 6.45) is 9.57. The predicted octanol–water partition coefficient (Wildman–Crippen LogP) is 2.93. The van der Waals surface area contributed by atoms with E-state index in [9.17, 15) is 4.79 Å². The highest BCUT2D eigenvalue weighted by atomic mass is 16.2. The summed E-state index contributed by atoms with van der Waals surface area (Å²) < 4.78 is 0. The molecule has 1 aliphatic carbocycles. The monoisotopic (exact) mass is 388 g/mol. The fourth-order valence-electron chi connectivity index (χ4n) is 4.33. The van der Waals surface area contributed by atoms with Gasteiger partial charge in [0.1, 0.15) is 12.1 Å². The van der Waals surface area contributed by atoms with Gasteiger partial charge in [-0.15, -0.1) is 0 Å². The molecule has 1 amide bonds. The summed E-state index contributed by atoms with van der Waals surface area (Å²) in [5, 5.41) is 10.3. The van der Waals surface area contributed by atoms with Crippen molar-refractivity contribution in [2.45, 2.75) is 25.7 Å². The molecule has 29 heavy (non-hydrogen) atoms. The maximum Gasteiger partial charge on any atom is 0.253 e. The number of hydrogen-bond donors (Lipinski definition) is 2. The fraction of sp³-hybridized carbons (Fsp3) is 0.364. The van der Waals surface area contributed by atoms with E-state index in [1.54, 1.807) is 12.5 Å². The Morgan fingerprint density at radius 2 is 2.07 bits per heavy atom. The third-order valence-electron chi connectivity index (χ3n) is 5.97. The zero-order chi connectivity index (χ0) is 19.6. The highest BCUT2D eigenvalue weighted by Gasteiger charge is 2.27. The number of carbonyl (C=O) groups excluding carboxylic acids is 1. The van der Waals surface area contributed by atoms with E-state index < -0.39 is 0 Å². The molecule has 1 aliphatic heterocycles. The summed E-state index contributed by atoms with van der Waals surface area (Å²) in [6, 6.07) is 7.76. The van der Waals surface area contributed by atoms with Crippen LogP contribution in [0.4, 0.5) is 5.82 Å². The van der Waals surface area contributed by atoms with Gasteiger partial charge in [-0.05, 0) is 49.3 Å². The summed E-state index contributed by atoms with van der Waals surface area (Å²) in [6.45, 7) is 2.42. The number of fused-ring (bicyclic) bond motifs is 1. The van der Waals surface area contributed by atoms with E-state index in [1.807, 2.05) is 35.4 Å². The number of H-pyrrole nitrogens is 1. The molecule has 7 heteroatoms. The van der Waals surface area contributed by atoms with E-state index in [-0.39, 0.29) is 5.91 Å². The third-order valence-corrected chi connectivity index (χ3v) is 5.97. The number of benzene rings is 1. The standard InChI is InChI=1S/C22H24N6O/c29-22(17-6-4-16(5-7-17)18-11-26-27-12-18)28-9-8-15(13-28)10-23-21-19-2-1-3-20(19)24-14-25-21/h4-7,11-12,14-15H,1-3,8-10,13H2,(H,26,27)(H,23,24,25). The summed E-state index contributed by atoms with van der Waals surface area (Å²) in [7, 11) is 0. The minimum absolute atomic E-state index is 0.106. The Kier molecular flexibility index (Phi) is 4.71. The summed E-state index contributed by atoms with van der Waals surface area (Å²) in [5.41, 5.74) is 5.27. The van der Waals surface area contributed by atoms with Crippen LogP contribution in [0.1, 0.15) is 34.5 Å². The van der Waals surface area contributed by atoms with Gasteiger partial charge in [0.25, 0.3) is 5.91 Å². The van der Waals surface area contributed by atoms with E-state index in [4.69, 9.17) is 0 Å². The summed E-state index contributed by atoms with van der Waals surface area (Å²) in [4.78, 5) is 23.7. The molecule has 1 saturated heterocycles. The Hall–Kier alpha value is -3.22. The van der Waals surface area contributed by atoms with Crippen molar-refractivity contribution >= 4 is 11.7 Å². The molecule has 1 aromatic carbocycles. The quantitative estimate of drug-likeness (QED) is 0.702. The van der Waals surface area contributed by atoms with Gasteiger partial charge in [-0.1, -0.05) is 12.1 Å². The molecular weight excluding hydrogens is 364 g/mol. The van der Waals surface area contributed by atoms with Crippen LogP contribution in [-0.4, -0.2) is 50.6 Å². The lowest BCUT2D eigenvalue weighted by Gasteiger charge is -2.17. The van der Waals surface area contributed by atoms with E-state index in [0.29, 0.717) is 5.92 Å². The Bertz CT molecular complexity index is 999. The minimum Gasteiger partial charge on any atom is -0.369 e. The molecule has 148 valence electrons. The molecule has 0 radical (unpaired) electrons. The van der Waals surface area contributed by atoms with Crippen LogP contribution in [0.3, 0.4) is 0 Å². The molecule has 5 rings (SSSR count). The zero-order valence-electron chi connectivity index (χ0n) is 16.3. The number of aromatic nitrogens is 4. The van der Waals surface area contributed by atoms with Crippen molar-refractivity contribution < 1.29 is 4.79 Å². The van der Waals surface area contributed by atoms with Crippen LogP contribution in [0.2, 0.25) is 0 Å². The van der Waals surface area contributed by atoms with Crippen LogP contribution in [0, 0.1) is 5.92 Å². The summed E-state index contributed by atoms with van der Waals surface area (Å²) in [5.74, 6) is 1.53. The van der Waals surface area contributed by atoms with Gasteiger partial charge >= 0.3 is 0 Å². The van der Waals surface area contributed by atoms with Crippen molar-refractivity contribution in [2.75, 3.05) is 25.0 Å². The fourth-order valence-corrected chi connectivity index (χ4v) is 4.33. The smallest absolute Gasteiger partial charge is 0.253 e. The number of amides is 1. The van der Waals surface area contributed by atoms with Gasteiger partial charge in [-0.2, -0.15) is 5.10 Å². The second-order valence-corrected chi connectivity index (χ2v) is 7.85. The molecule has 0 spiro atoms. The molecule has 3 aromatic rings. The van der Waals surface area contributed by atoms with Gasteiger partial charge in [0.05, 0.1) is 6.20 Å². The molecule has 3 heterocycles. The number of hydrogen-bond acceptors (Lipinski definition) is 5. The van der Waals surface area contributed by atoms with Crippen LogP contribution in [0.15, 0.2) is 43.0 Å². The van der Waals surface area contributed by atoms with Crippen LogP contribution >= 0.6 is 0 Å². The average molecular weight is 388 g/mol. The minimum atomic E-state index is 0.106. The molecule has 0 saturated carbocycles. The Balaban J connectivity index is 1.19. The first-order valence-corrected chi connectivity index (χ1v) is 10.2. The maximum absolute atomic E-state index is 12.9. The topological polar surface area (TPSA) is 86.8 Å². The Morgan fingerprint density at radius 3 is 2.90 bits per heavy atom. The molecule has 1 unspecified atom stereocenters. The van der Waals surface area contributed by atoms with Gasteiger partial charge in [-0.3, -0.25) is 9.89 Å². The van der Waals surface area contributed by atoms with E-state index >= 15 is 0 Å². The average Bonchev–Trinajstić information content (AvgIpc) is 3.53. The largest absolute Gasteiger partial charge is 0.369 e.